The minimum Gasteiger partial charge on any atom is -0.331 e. The average molecular weight is 323 g/mol. The van der Waals surface area contributed by atoms with Gasteiger partial charge in [-0.3, -0.25) is 4.79 Å². The van der Waals surface area contributed by atoms with Gasteiger partial charge in [-0.15, -0.1) is 23.7 Å². The SMILES string of the molecule is Cl.NCc1ccc(C(=O)N2CCCC2c2cccs2)cc1. The molecule has 3 nitrogen and oxygen atoms in total. The van der Waals surface area contributed by atoms with Crippen molar-refractivity contribution >= 4 is 29.7 Å². The van der Waals surface area contributed by atoms with Gasteiger partial charge in [-0.2, -0.15) is 0 Å². The van der Waals surface area contributed by atoms with Crippen LogP contribution in [0, 0.1) is 0 Å². The Labute approximate surface area is 135 Å². The topological polar surface area (TPSA) is 46.3 Å². The molecule has 3 rings (SSSR count). The molecule has 1 amide bonds. The molecular formula is C16H19ClN2OS. The van der Waals surface area contributed by atoms with Gasteiger partial charge in [0.15, 0.2) is 0 Å². The van der Waals surface area contributed by atoms with Gasteiger partial charge in [-0.1, -0.05) is 18.2 Å². The fourth-order valence-corrected chi connectivity index (χ4v) is 3.61. The molecule has 1 unspecified atom stereocenters. The quantitative estimate of drug-likeness (QED) is 0.938. The van der Waals surface area contributed by atoms with E-state index in [1.165, 1.54) is 4.88 Å². The van der Waals surface area contributed by atoms with Crippen molar-refractivity contribution in [3.05, 3.63) is 57.8 Å². The van der Waals surface area contributed by atoms with Gasteiger partial charge >= 0.3 is 0 Å². The van der Waals surface area contributed by atoms with Gasteiger partial charge < -0.3 is 10.6 Å². The molecule has 1 saturated heterocycles. The first kappa shape index (κ1) is 16.0. The van der Waals surface area contributed by atoms with Gasteiger partial charge in [0.05, 0.1) is 6.04 Å². The molecule has 2 N–H and O–H groups in total. The second-order valence-corrected chi connectivity index (χ2v) is 6.05. The van der Waals surface area contributed by atoms with E-state index < -0.39 is 0 Å². The van der Waals surface area contributed by atoms with Crippen LogP contribution < -0.4 is 5.73 Å². The third-order valence-electron chi connectivity index (χ3n) is 3.82. The highest BCUT2D eigenvalue weighted by atomic mass is 35.5. The molecule has 1 atom stereocenters. The molecule has 2 heterocycles. The Balaban J connectivity index is 0.00000161. The highest BCUT2D eigenvalue weighted by molar-refractivity contribution is 7.10. The summed E-state index contributed by atoms with van der Waals surface area (Å²) in [6.07, 6.45) is 2.14. The van der Waals surface area contributed by atoms with E-state index in [1.54, 1.807) is 11.3 Å². The second kappa shape index (κ2) is 7.07. The molecule has 1 aromatic carbocycles. The predicted molar refractivity (Wildman–Crippen MR) is 88.9 cm³/mol. The fraction of sp³-hybridized carbons (Fsp3) is 0.312. The van der Waals surface area contributed by atoms with Crippen LogP contribution in [-0.4, -0.2) is 17.4 Å². The summed E-state index contributed by atoms with van der Waals surface area (Å²) < 4.78 is 0. The molecule has 21 heavy (non-hydrogen) atoms. The fourth-order valence-electron chi connectivity index (χ4n) is 2.74. The van der Waals surface area contributed by atoms with Crippen molar-refractivity contribution in [1.82, 2.24) is 4.90 Å². The maximum absolute atomic E-state index is 12.7. The lowest BCUT2D eigenvalue weighted by atomic mass is 10.1. The minimum absolute atomic E-state index is 0. The number of nitrogens with two attached hydrogens (primary N) is 1. The number of halogens is 1. The van der Waals surface area contributed by atoms with Crippen molar-refractivity contribution in [2.75, 3.05) is 6.54 Å². The van der Waals surface area contributed by atoms with Crippen molar-refractivity contribution in [3.63, 3.8) is 0 Å². The lowest BCUT2D eigenvalue weighted by Crippen LogP contribution is -2.30. The third kappa shape index (κ3) is 3.28. The molecule has 0 radical (unpaired) electrons. The zero-order valence-corrected chi connectivity index (χ0v) is 13.3. The van der Waals surface area contributed by atoms with Gasteiger partial charge in [0.1, 0.15) is 0 Å². The average Bonchev–Trinajstić information content (AvgIpc) is 3.16. The number of carbonyl (C=O) groups excluding carboxylic acids is 1. The molecular weight excluding hydrogens is 304 g/mol. The summed E-state index contributed by atoms with van der Waals surface area (Å²) >= 11 is 1.73. The van der Waals surface area contributed by atoms with Gasteiger partial charge in [-0.25, -0.2) is 0 Å². The number of thiophene rings is 1. The van der Waals surface area contributed by atoms with E-state index in [1.807, 2.05) is 29.2 Å². The summed E-state index contributed by atoms with van der Waals surface area (Å²) in [5.41, 5.74) is 7.40. The standard InChI is InChI=1S/C16H18N2OS.ClH/c17-11-12-5-7-13(8-6-12)16(19)18-9-1-3-14(18)15-4-2-10-20-15;/h2,4-8,10,14H,1,3,9,11,17H2;1H. The number of hydrogen-bond donors (Lipinski definition) is 1. The Morgan fingerprint density at radius 3 is 2.67 bits per heavy atom. The molecule has 5 heteroatoms. The summed E-state index contributed by atoms with van der Waals surface area (Å²) in [6, 6.07) is 12.1. The Bertz CT molecular complexity index is 583. The van der Waals surface area contributed by atoms with E-state index >= 15 is 0 Å². The van der Waals surface area contributed by atoms with Crippen molar-refractivity contribution < 1.29 is 4.79 Å². The van der Waals surface area contributed by atoms with Crippen LogP contribution in [0.15, 0.2) is 41.8 Å². The van der Waals surface area contributed by atoms with Crippen LogP contribution in [-0.2, 0) is 6.54 Å². The van der Waals surface area contributed by atoms with Crippen LogP contribution in [0.3, 0.4) is 0 Å². The number of hydrogen-bond acceptors (Lipinski definition) is 3. The summed E-state index contributed by atoms with van der Waals surface area (Å²) in [5.74, 6) is 0.129. The molecule has 0 saturated carbocycles. The number of carbonyl (C=O) groups is 1. The third-order valence-corrected chi connectivity index (χ3v) is 4.80. The lowest BCUT2D eigenvalue weighted by Gasteiger charge is -2.24. The van der Waals surface area contributed by atoms with Gasteiger partial charge in [0.2, 0.25) is 0 Å². The number of likely N-dealkylation sites (tertiary alicyclic amines) is 1. The Morgan fingerprint density at radius 2 is 2.05 bits per heavy atom. The zero-order valence-electron chi connectivity index (χ0n) is 11.7. The number of amides is 1. The maximum Gasteiger partial charge on any atom is 0.254 e. The van der Waals surface area contributed by atoms with E-state index in [-0.39, 0.29) is 24.4 Å². The van der Waals surface area contributed by atoms with Gasteiger partial charge in [0.25, 0.3) is 5.91 Å². The van der Waals surface area contributed by atoms with Crippen molar-refractivity contribution in [3.8, 4) is 0 Å². The molecule has 1 aromatic heterocycles. The molecule has 1 aliphatic heterocycles. The van der Waals surface area contributed by atoms with Crippen molar-refractivity contribution in [2.24, 2.45) is 5.73 Å². The smallest absolute Gasteiger partial charge is 0.254 e. The first-order valence-electron chi connectivity index (χ1n) is 6.93. The van der Waals surface area contributed by atoms with E-state index in [2.05, 4.69) is 17.5 Å². The molecule has 1 fully saturated rings. The van der Waals surface area contributed by atoms with Crippen LogP contribution in [0.5, 0.6) is 0 Å². The van der Waals surface area contributed by atoms with Crippen LogP contribution >= 0.6 is 23.7 Å². The predicted octanol–water partition coefficient (Wildman–Crippen LogP) is 3.61. The van der Waals surface area contributed by atoms with Crippen LogP contribution in [0.25, 0.3) is 0 Å². The molecule has 1 aliphatic rings. The van der Waals surface area contributed by atoms with E-state index in [9.17, 15) is 4.79 Å². The molecule has 0 aliphatic carbocycles. The van der Waals surface area contributed by atoms with Crippen LogP contribution in [0.4, 0.5) is 0 Å². The first-order chi connectivity index (χ1) is 9.79. The van der Waals surface area contributed by atoms with E-state index in [0.717, 1.165) is 30.5 Å². The Kier molecular flexibility index (Phi) is 5.39. The summed E-state index contributed by atoms with van der Waals surface area (Å²) in [7, 11) is 0. The highest BCUT2D eigenvalue weighted by Crippen LogP contribution is 2.35. The largest absolute Gasteiger partial charge is 0.331 e. The van der Waals surface area contributed by atoms with Crippen LogP contribution in [0.2, 0.25) is 0 Å². The molecule has 2 aromatic rings. The van der Waals surface area contributed by atoms with E-state index in [0.29, 0.717) is 6.54 Å². The zero-order chi connectivity index (χ0) is 13.9. The summed E-state index contributed by atoms with van der Waals surface area (Å²) in [6.45, 7) is 1.36. The van der Waals surface area contributed by atoms with Crippen molar-refractivity contribution in [2.45, 2.75) is 25.4 Å². The maximum atomic E-state index is 12.7. The molecule has 112 valence electrons. The van der Waals surface area contributed by atoms with Crippen molar-refractivity contribution in [1.29, 1.82) is 0 Å². The van der Waals surface area contributed by atoms with Crippen LogP contribution in [0.1, 0.15) is 39.7 Å². The minimum atomic E-state index is 0. The normalized spacial score (nSPS) is 17.6. The molecule has 0 bridgehead atoms. The Morgan fingerprint density at radius 1 is 1.29 bits per heavy atom. The number of nitrogens with zero attached hydrogens (tertiary/aromatic N) is 1. The van der Waals surface area contributed by atoms with E-state index in [4.69, 9.17) is 5.73 Å². The monoisotopic (exact) mass is 322 g/mol. The first-order valence-corrected chi connectivity index (χ1v) is 7.81. The summed E-state index contributed by atoms with van der Waals surface area (Å²) in [4.78, 5) is 15.9. The highest BCUT2D eigenvalue weighted by Gasteiger charge is 2.30. The summed E-state index contributed by atoms with van der Waals surface area (Å²) in [5, 5.41) is 2.08. The number of rotatable bonds is 3. The number of benzene rings is 1. The Hall–Kier alpha value is -1.36. The van der Waals surface area contributed by atoms with Gasteiger partial charge in [-0.05, 0) is 42.0 Å². The lowest BCUT2D eigenvalue weighted by molar-refractivity contribution is 0.0738. The molecule has 0 spiro atoms. The second-order valence-electron chi connectivity index (χ2n) is 5.07. The van der Waals surface area contributed by atoms with Gasteiger partial charge in [0, 0.05) is 23.5 Å².